The van der Waals surface area contributed by atoms with Crippen LogP contribution in [0.4, 0.5) is 0 Å². The van der Waals surface area contributed by atoms with Gasteiger partial charge in [0.15, 0.2) is 0 Å². The van der Waals surface area contributed by atoms with Crippen LogP contribution in [0.25, 0.3) is 0 Å². The van der Waals surface area contributed by atoms with Gasteiger partial charge in [0, 0.05) is 11.3 Å². The second-order valence-corrected chi connectivity index (χ2v) is 4.70. The van der Waals surface area contributed by atoms with Crippen LogP contribution in [-0.4, -0.2) is 19.4 Å². The van der Waals surface area contributed by atoms with Gasteiger partial charge in [0.25, 0.3) is 0 Å². The van der Waals surface area contributed by atoms with Crippen LogP contribution in [0.5, 0.6) is 5.75 Å². The van der Waals surface area contributed by atoms with Crippen molar-refractivity contribution in [1.82, 2.24) is 0 Å². The summed E-state index contributed by atoms with van der Waals surface area (Å²) in [6, 6.07) is 8.15. The zero-order valence-corrected chi connectivity index (χ0v) is 10.2. The first-order chi connectivity index (χ1) is 7.27. The largest absolute Gasteiger partial charge is 0.496 e. The number of benzene rings is 1. The Morgan fingerprint density at radius 1 is 1.40 bits per heavy atom. The maximum absolute atomic E-state index is 5.57. The highest BCUT2D eigenvalue weighted by Crippen LogP contribution is 2.23. The summed E-state index contributed by atoms with van der Waals surface area (Å²) in [5, 5.41) is 0. The molecule has 1 aromatic rings. The lowest BCUT2D eigenvalue weighted by atomic mass is 10.2. The average molecular weight is 225 g/mol. The lowest BCUT2D eigenvalue weighted by molar-refractivity contribution is 0.411. The zero-order valence-electron chi connectivity index (χ0n) is 9.40. The molecule has 0 radical (unpaired) electrons. The molecule has 2 N–H and O–H groups in total. The van der Waals surface area contributed by atoms with Crippen LogP contribution in [0.3, 0.4) is 0 Å². The molecule has 0 saturated heterocycles. The molecule has 0 bridgehead atoms. The van der Waals surface area contributed by atoms with Crippen molar-refractivity contribution >= 4 is 11.8 Å². The summed E-state index contributed by atoms with van der Waals surface area (Å²) in [7, 11) is 1.71. The molecule has 0 aliphatic heterocycles. The van der Waals surface area contributed by atoms with Crippen LogP contribution in [-0.2, 0) is 5.75 Å². The van der Waals surface area contributed by atoms with Gasteiger partial charge in [-0.25, -0.2) is 0 Å². The van der Waals surface area contributed by atoms with Crippen molar-refractivity contribution in [2.45, 2.75) is 12.7 Å². The molecular weight excluding hydrogens is 206 g/mol. The number of nitrogens with two attached hydrogens (primary N) is 1. The number of para-hydroxylation sites is 1. The minimum atomic E-state index is 0.588. The number of hydrogen-bond acceptors (Lipinski definition) is 3. The molecule has 0 aliphatic carbocycles. The Kier molecular flexibility index (Phi) is 5.58. The molecule has 2 nitrogen and oxygen atoms in total. The highest BCUT2D eigenvalue weighted by atomic mass is 32.2. The number of ether oxygens (including phenoxy) is 1. The quantitative estimate of drug-likeness (QED) is 0.808. The monoisotopic (exact) mass is 225 g/mol. The minimum absolute atomic E-state index is 0.588. The Labute approximate surface area is 96.2 Å². The van der Waals surface area contributed by atoms with Crippen molar-refractivity contribution in [2.24, 2.45) is 11.7 Å². The van der Waals surface area contributed by atoms with E-state index in [0.717, 1.165) is 23.8 Å². The summed E-state index contributed by atoms with van der Waals surface area (Å²) < 4.78 is 5.29. The summed E-state index contributed by atoms with van der Waals surface area (Å²) in [6.07, 6.45) is 0. The van der Waals surface area contributed by atoms with Crippen LogP contribution in [0.2, 0.25) is 0 Å². The summed E-state index contributed by atoms with van der Waals surface area (Å²) >= 11 is 1.91. The van der Waals surface area contributed by atoms with E-state index in [9.17, 15) is 0 Å². The van der Waals surface area contributed by atoms with Crippen molar-refractivity contribution in [1.29, 1.82) is 0 Å². The van der Waals surface area contributed by atoms with Gasteiger partial charge < -0.3 is 10.5 Å². The van der Waals surface area contributed by atoms with E-state index in [1.54, 1.807) is 7.11 Å². The van der Waals surface area contributed by atoms with Gasteiger partial charge in [-0.3, -0.25) is 0 Å². The van der Waals surface area contributed by atoms with Gasteiger partial charge in [-0.15, -0.1) is 0 Å². The predicted octanol–water partition coefficient (Wildman–Crippen LogP) is 2.52. The maximum Gasteiger partial charge on any atom is 0.122 e. The molecule has 0 aromatic heterocycles. The molecule has 1 rings (SSSR count). The smallest absolute Gasteiger partial charge is 0.122 e. The molecule has 0 heterocycles. The molecule has 1 aromatic carbocycles. The van der Waals surface area contributed by atoms with Gasteiger partial charge in [0.05, 0.1) is 7.11 Å². The fourth-order valence-corrected chi connectivity index (χ4v) is 2.38. The predicted molar refractivity (Wildman–Crippen MR) is 67.4 cm³/mol. The average Bonchev–Trinajstić information content (AvgIpc) is 2.29. The van der Waals surface area contributed by atoms with Crippen LogP contribution >= 0.6 is 11.8 Å². The molecule has 15 heavy (non-hydrogen) atoms. The summed E-state index contributed by atoms with van der Waals surface area (Å²) in [5.41, 5.74) is 6.83. The van der Waals surface area contributed by atoms with Gasteiger partial charge in [-0.1, -0.05) is 25.1 Å². The van der Waals surface area contributed by atoms with E-state index in [1.165, 1.54) is 5.56 Å². The van der Waals surface area contributed by atoms with E-state index in [4.69, 9.17) is 10.5 Å². The lowest BCUT2D eigenvalue weighted by Crippen LogP contribution is -2.12. The summed E-state index contributed by atoms with van der Waals surface area (Å²) in [4.78, 5) is 0. The highest BCUT2D eigenvalue weighted by molar-refractivity contribution is 7.98. The molecule has 0 amide bonds. The standard InChI is InChI=1S/C12H19NOS/c1-10(7-13)8-15-9-11-5-3-4-6-12(11)14-2/h3-6,10H,7-9,13H2,1-2H3. The summed E-state index contributed by atoms with van der Waals surface area (Å²) in [5.74, 6) is 3.67. The first-order valence-electron chi connectivity index (χ1n) is 5.17. The first-order valence-corrected chi connectivity index (χ1v) is 6.33. The van der Waals surface area contributed by atoms with E-state index < -0.39 is 0 Å². The number of thioether (sulfide) groups is 1. The third kappa shape index (κ3) is 4.14. The fraction of sp³-hybridized carbons (Fsp3) is 0.500. The van der Waals surface area contributed by atoms with Crippen molar-refractivity contribution in [2.75, 3.05) is 19.4 Å². The molecule has 3 heteroatoms. The Morgan fingerprint density at radius 3 is 2.80 bits per heavy atom. The van der Waals surface area contributed by atoms with E-state index in [1.807, 2.05) is 30.0 Å². The second-order valence-electron chi connectivity index (χ2n) is 3.67. The van der Waals surface area contributed by atoms with Crippen LogP contribution in [0.1, 0.15) is 12.5 Å². The van der Waals surface area contributed by atoms with Gasteiger partial charge >= 0.3 is 0 Å². The van der Waals surface area contributed by atoms with Crippen molar-refractivity contribution < 1.29 is 4.74 Å². The molecule has 0 fully saturated rings. The Balaban J connectivity index is 2.43. The van der Waals surface area contributed by atoms with Crippen molar-refractivity contribution in [3.8, 4) is 5.75 Å². The van der Waals surface area contributed by atoms with E-state index in [0.29, 0.717) is 5.92 Å². The molecule has 1 atom stereocenters. The maximum atomic E-state index is 5.57. The molecule has 84 valence electrons. The summed E-state index contributed by atoms with van der Waals surface area (Å²) in [6.45, 7) is 2.94. The van der Waals surface area contributed by atoms with Gasteiger partial charge in [0.1, 0.15) is 5.75 Å². The second kappa shape index (κ2) is 6.75. The SMILES string of the molecule is COc1ccccc1CSCC(C)CN. The third-order valence-electron chi connectivity index (χ3n) is 2.25. The van der Waals surface area contributed by atoms with Crippen LogP contribution in [0.15, 0.2) is 24.3 Å². The van der Waals surface area contributed by atoms with Gasteiger partial charge in [-0.2, -0.15) is 11.8 Å². The minimum Gasteiger partial charge on any atom is -0.496 e. The van der Waals surface area contributed by atoms with Gasteiger partial charge in [-0.05, 0) is 24.3 Å². The highest BCUT2D eigenvalue weighted by Gasteiger charge is 2.03. The zero-order chi connectivity index (χ0) is 11.1. The fourth-order valence-electron chi connectivity index (χ4n) is 1.26. The Morgan fingerprint density at radius 2 is 2.13 bits per heavy atom. The third-order valence-corrected chi connectivity index (χ3v) is 3.57. The number of methoxy groups -OCH3 is 1. The van der Waals surface area contributed by atoms with Gasteiger partial charge in [0.2, 0.25) is 0 Å². The molecule has 0 saturated carbocycles. The Hall–Kier alpha value is -0.670. The number of rotatable bonds is 6. The van der Waals surface area contributed by atoms with E-state index in [-0.39, 0.29) is 0 Å². The van der Waals surface area contributed by atoms with E-state index >= 15 is 0 Å². The molecular formula is C12H19NOS. The van der Waals surface area contributed by atoms with Crippen LogP contribution in [0, 0.1) is 5.92 Å². The lowest BCUT2D eigenvalue weighted by Gasteiger charge is -2.10. The molecule has 0 aliphatic rings. The van der Waals surface area contributed by atoms with Crippen molar-refractivity contribution in [3.63, 3.8) is 0 Å². The van der Waals surface area contributed by atoms with Crippen molar-refractivity contribution in [3.05, 3.63) is 29.8 Å². The van der Waals surface area contributed by atoms with E-state index in [2.05, 4.69) is 13.0 Å². The molecule has 0 spiro atoms. The Bertz CT molecular complexity index is 291. The van der Waals surface area contributed by atoms with Crippen LogP contribution < -0.4 is 10.5 Å². The normalized spacial score (nSPS) is 12.5. The first kappa shape index (κ1) is 12.4. The topological polar surface area (TPSA) is 35.2 Å². The number of hydrogen-bond donors (Lipinski definition) is 1. The molecule has 1 unspecified atom stereocenters.